The lowest BCUT2D eigenvalue weighted by molar-refractivity contribution is 0.161. The lowest BCUT2D eigenvalue weighted by Crippen LogP contribution is -2.58. The monoisotopic (exact) mass is 276 g/mol. The van der Waals surface area contributed by atoms with Crippen molar-refractivity contribution in [2.45, 2.75) is 31.2 Å². The summed E-state index contributed by atoms with van der Waals surface area (Å²) in [5.41, 5.74) is 1.44. The van der Waals surface area contributed by atoms with Crippen LogP contribution in [0.5, 0.6) is 0 Å². The van der Waals surface area contributed by atoms with Crippen molar-refractivity contribution in [2.75, 3.05) is 25.4 Å². The molecule has 0 amide bonds. The summed E-state index contributed by atoms with van der Waals surface area (Å²) in [5, 5.41) is 3.82. The van der Waals surface area contributed by atoms with E-state index in [9.17, 15) is 0 Å². The summed E-state index contributed by atoms with van der Waals surface area (Å²) >= 11 is 2.16. The largest absolute Gasteiger partial charge is 0.301 e. The van der Waals surface area contributed by atoms with Crippen LogP contribution in [-0.4, -0.2) is 35.2 Å². The van der Waals surface area contributed by atoms with Gasteiger partial charge in [-0.1, -0.05) is 37.3 Å². The van der Waals surface area contributed by atoms with Crippen LogP contribution >= 0.6 is 11.8 Å². The second kappa shape index (κ2) is 5.86. The predicted octanol–water partition coefficient (Wildman–Crippen LogP) is 2.95. The Labute approximate surface area is 121 Å². The smallest absolute Gasteiger partial charge is 0.0774 e. The van der Waals surface area contributed by atoms with Gasteiger partial charge in [0.1, 0.15) is 0 Å². The quantitative estimate of drug-likeness (QED) is 0.894. The highest BCUT2D eigenvalue weighted by molar-refractivity contribution is 8.00. The molecule has 0 aromatic heterocycles. The molecule has 104 valence electrons. The molecule has 0 saturated carbocycles. The number of nitrogens with zero attached hydrogens (tertiary/aromatic N) is 1. The Morgan fingerprint density at radius 1 is 1.37 bits per heavy atom. The molecule has 2 atom stereocenters. The van der Waals surface area contributed by atoms with Gasteiger partial charge in [0.25, 0.3) is 0 Å². The number of piperidine rings is 1. The van der Waals surface area contributed by atoms with Crippen molar-refractivity contribution in [3.05, 3.63) is 35.9 Å². The maximum Gasteiger partial charge on any atom is 0.0774 e. The van der Waals surface area contributed by atoms with Gasteiger partial charge in [0, 0.05) is 13.1 Å². The molecule has 0 bridgehead atoms. The van der Waals surface area contributed by atoms with Gasteiger partial charge in [0.05, 0.1) is 4.87 Å². The fourth-order valence-electron chi connectivity index (χ4n) is 3.12. The first-order chi connectivity index (χ1) is 9.26. The molecule has 1 aromatic carbocycles. The first kappa shape index (κ1) is 13.5. The van der Waals surface area contributed by atoms with Crippen molar-refractivity contribution in [2.24, 2.45) is 5.92 Å². The average Bonchev–Trinajstić information content (AvgIpc) is 2.44. The van der Waals surface area contributed by atoms with Crippen LogP contribution in [0.1, 0.15) is 25.3 Å². The zero-order chi connectivity index (χ0) is 13.1. The molecular formula is C16H24N2S. The van der Waals surface area contributed by atoms with Gasteiger partial charge in [0.2, 0.25) is 0 Å². The van der Waals surface area contributed by atoms with Crippen LogP contribution in [-0.2, 0) is 6.54 Å². The number of nitrogens with one attached hydrogen (secondary N) is 1. The summed E-state index contributed by atoms with van der Waals surface area (Å²) in [5.74, 6) is 2.13. The van der Waals surface area contributed by atoms with Crippen molar-refractivity contribution in [3.8, 4) is 0 Å². The molecule has 1 aromatic rings. The average molecular weight is 276 g/mol. The molecule has 2 saturated heterocycles. The predicted molar refractivity (Wildman–Crippen MR) is 83.3 cm³/mol. The zero-order valence-corrected chi connectivity index (χ0v) is 12.6. The SMILES string of the molecule is CC1CNC2(CCCN(Cc3ccccc3)C2)SC1. The number of benzene rings is 1. The van der Waals surface area contributed by atoms with E-state index in [1.165, 1.54) is 43.8 Å². The fraction of sp³-hybridized carbons (Fsp3) is 0.625. The Bertz CT molecular complexity index is 398. The number of hydrogen-bond donors (Lipinski definition) is 1. The molecule has 2 aliphatic rings. The Balaban J connectivity index is 1.62. The molecular weight excluding hydrogens is 252 g/mol. The van der Waals surface area contributed by atoms with Crippen molar-refractivity contribution >= 4 is 11.8 Å². The third-order valence-electron chi connectivity index (χ3n) is 4.20. The highest BCUT2D eigenvalue weighted by Gasteiger charge is 2.38. The van der Waals surface area contributed by atoms with Gasteiger partial charge in [-0.05, 0) is 43.2 Å². The van der Waals surface area contributed by atoms with Crippen molar-refractivity contribution < 1.29 is 0 Å². The summed E-state index contributed by atoms with van der Waals surface area (Å²) in [6, 6.07) is 10.9. The molecule has 2 nitrogen and oxygen atoms in total. The Kier molecular flexibility index (Phi) is 4.15. The lowest BCUT2D eigenvalue weighted by Gasteiger charge is -2.46. The van der Waals surface area contributed by atoms with Crippen LogP contribution in [0.4, 0.5) is 0 Å². The van der Waals surface area contributed by atoms with E-state index in [1.807, 2.05) is 0 Å². The number of hydrogen-bond acceptors (Lipinski definition) is 3. The summed E-state index contributed by atoms with van der Waals surface area (Å²) in [6.45, 7) is 7.07. The molecule has 19 heavy (non-hydrogen) atoms. The number of likely N-dealkylation sites (tertiary alicyclic amines) is 1. The summed E-state index contributed by atoms with van der Waals surface area (Å²) in [4.78, 5) is 2.95. The van der Waals surface area contributed by atoms with Gasteiger partial charge in [-0.25, -0.2) is 0 Å². The molecule has 1 N–H and O–H groups in total. The van der Waals surface area contributed by atoms with E-state index < -0.39 is 0 Å². The zero-order valence-electron chi connectivity index (χ0n) is 11.8. The minimum Gasteiger partial charge on any atom is -0.301 e. The highest BCUT2D eigenvalue weighted by atomic mass is 32.2. The van der Waals surface area contributed by atoms with Gasteiger partial charge in [-0.15, -0.1) is 11.8 Å². The van der Waals surface area contributed by atoms with E-state index in [0.29, 0.717) is 4.87 Å². The first-order valence-corrected chi connectivity index (χ1v) is 8.40. The van der Waals surface area contributed by atoms with E-state index >= 15 is 0 Å². The van der Waals surface area contributed by atoms with E-state index in [-0.39, 0.29) is 0 Å². The molecule has 2 fully saturated rings. The molecule has 1 spiro atoms. The maximum atomic E-state index is 3.82. The highest BCUT2D eigenvalue weighted by Crippen LogP contribution is 2.36. The summed E-state index contributed by atoms with van der Waals surface area (Å²) in [6.07, 6.45) is 2.65. The fourth-order valence-corrected chi connectivity index (χ4v) is 4.59. The van der Waals surface area contributed by atoms with Gasteiger partial charge in [-0.2, -0.15) is 0 Å². The van der Waals surface area contributed by atoms with E-state index in [1.54, 1.807) is 0 Å². The van der Waals surface area contributed by atoms with E-state index in [0.717, 1.165) is 12.5 Å². The van der Waals surface area contributed by atoms with E-state index in [4.69, 9.17) is 0 Å². The summed E-state index contributed by atoms with van der Waals surface area (Å²) in [7, 11) is 0. The third-order valence-corrected chi connectivity index (χ3v) is 5.97. The molecule has 3 heteroatoms. The molecule has 2 heterocycles. The molecule has 0 aliphatic carbocycles. The topological polar surface area (TPSA) is 15.3 Å². The van der Waals surface area contributed by atoms with Crippen molar-refractivity contribution in [1.82, 2.24) is 10.2 Å². The van der Waals surface area contributed by atoms with Crippen LogP contribution in [0.2, 0.25) is 0 Å². The Hall–Kier alpha value is -0.510. The third kappa shape index (κ3) is 3.33. The van der Waals surface area contributed by atoms with Gasteiger partial charge in [-0.3, -0.25) is 4.90 Å². The van der Waals surface area contributed by atoms with E-state index in [2.05, 4.69) is 59.2 Å². The second-order valence-corrected chi connectivity index (χ2v) is 7.49. The van der Waals surface area contributed by atoms with Crippen LogP contribution < -0.4 is 5.32 Å². The second-order valence-electron chi connectivity index (χ2n) is 6.09. The summed E-state index contributed by atoms with van der Waals surface area (Å²) < 4.78 is 0. The Morgan fingerprint density at radius 2 is 2.21 bits per heavy atom. The van der Waals surface area contributed by atoms with Crippen molar-refractivity contribution in [1.29, 1.82) is 0 Å². The lowest BCUT2D eigenvalue weighted by atomic mass is 10.0. The molecule has 2 aliphatic heterocycles. The minimum atomic E-state index is 0.333. The normalized spacial score (nSPS) is 32.6. The van der Waals surface area contributed by atoms with Crippen LogP contribution in [0.15, 0.2) is 30.3 Å². The van der Waals surface area contributed by atoms with Crippen LogP contribution in [0, 0.1) is 5.92 Å². The first-order valence-electron chi connectivity index (χ1n) is 7.41. The van der Waals surface area contributed by atoms with Gasteiger partial charge >= 0.3 is 0 Å². The Morgan fingerprint density at radius 3 is 2.95 bits per heavy atom. The standard InChI is InChI=1S/C16H24N2S/c1-14-10-17-16(19-12-14)8-5-9-18(13-16)11-15-6-3-2-4-7-15/h2-4,6-7,14,17H,5,8-13H2,1H3. The van der Waals surface area contributed by atoms with Crippen LogP contribution in [0.3, 0.4) is 0 Å². The number of rotatable bonds is 2. The number of thioether (sulfide) groups is 1. The molecule has 0 radical (unpaired) electrons. The van der Waals surface area contributed by atoms with Crippen LogP contribution in [0.25, 0.3) is 0 Å². The molecule has 3 rings (SSSR count). The molecule has 2 unspecified atom stereocenters. The van der Waals surface area contributed by atoms with Crippen molar-refractivity contribution in [3.63, 3.8) is 0 Å². The minimum absolute atomic E-state index is 0.333. The van der Waals surface area contributed by atoms with Gasteiger partial charge < -0.3 is 5.32 Å². The van der Waals surface area contributed by atoms with Gasteiger partial charge in [0.15, 0.2) is 0 Å². The maximum absolute atomic E-state index is 3.82.